The lowest BCUT2D eigenvalue weighted by Gasteiger charge is -2.08. The smallest absolute Gasteiger partial charge is 0.147 e. The second-order valence-corrected chi connectivity index (χ2v) is 3.91. The molecule has 1 rings (SSSR count). The normalized spacial score (nSPS) is 10.4. The van der Waals surface area contributed by atoms with Crippen molar-refractivity contribution in [1.82, 2.24) is 9.97 Å². The predicted octanol–water partition coefficient (Wildman–Crippen LogP) is 2.15. The van der Waals surface area contributed by atoms with E-state index >= 15 is 0 Å². The number of ether oxygens (including phenoxy) is 1. The first-order chi connectivity index (χ1) is 7.74. The molecule has 0 aromatic carbocycles. The summed E-state index contributed by atoms with van der Waals surface area (Å²) in [5, 5.41) is 3.24. The number of hydrogen-bond acceptors (Lipinski definition) is 4. The van der Waals surface area contributed by atoms with Gasteiger partial charge in [-0.25, -0.2) is 4.98 Å². The highest BCUT2D eigenvalue weighted by Gasteiger charge is 2.00. The molecule has 0 spiro atoms. The van der Waals surface area contributed by atoms with Crippen molar-refractivity contribution in [2.45, 2.75) is 20.3 Å². The molecule has 4 nitrogen and oxygen atoms in total. The number of aromatic nitrogens is 2. The first-order valence-corrected chi connectivity index (χ1v) is 5.95. The van der Waals surface area contributed by atoms with Gasteiger partial charge in [0.1, 0.15) is 5.82 Å². The first-order valence-electron chi connectivity index (χ1n) is 5.42. The van der Waals surface area contributed by atoms with Gasteiger partial charge in [0, 0.05) is 25.2 Å². The summed E-state index contributed by atoms with van der Waals surface area (Å²) in [6.07, 6.45) is 2.70. The van der Waals surface area contributed by atoms with Crippen molar-refractivity contribution in [3.63, 3.8) is 0 Å². The summed E-state index contributed by atoms with van der Waals surface area (Å²) >= 11 is 5.49. The van der Waals surface area contributed by atoms with E-state index in [-0.39, 0.29) is 0 Å². The molecule has 0 unspecified atom stereocenters. The van der Waals surface area contributed by atoms with Crippen LogP contribution in [0.15, 0.2) is 6.20 Å². The number of anilines is 1. The summed E-state index contributed by atoms with van der Waals surface area (Å²) in [4.78, 5) is 8.60. The molecule has 1 aromatic rings. The third-order valence-electron chi connectivity index (χ3n) is 2.06. The average Bonchev–Trinajstić information content (AvgIpc) is 2.28. The summed E-state index contributed by atoms with van der Waals surface area (Å²) in [7, 11) is 0. The second kappa shape index (κ2) is 7.41. The molecule has 0 aliphatic carbocycles. The number of halogens is 1. The Morgan fingerprint density at radius 2 is 2.19 bits per heavy atom. The fraction of sp³-hybridized carbons (Fsp3) is 0.636. The van der Waals surface area contributed by atoms with Gasteiger partial charge in [0.2, 0.25) is 0 Å². The van der Waals surface area contributed by atoms with E-state index in [0.29, 0.717) is 12.5 Å². The maximum absolute atomic E-state index is 5.49. The zero-order valence-corrected chi connectivity index (χ0v) is 10.5. The van der Waals surface area contributed by atoms with E-state index in [2.05, 4.69) is 15.3 Å². The molecule has 16 heavy (non-hydrogen) atoms. The molecular weight excluding hydrogens is 226 g/mol. The number of alkyl halides is 1. The lowest BCUT2D eigenvalue weighted by atomic mass is 10.4. The molecule has 1 aromatic heterocycles. The second-order valence-electron chi connectivity index (χ2n) is 3.53. The Hall–Kier alpha value is -0.870. The Morgan fingerprint density at radius 3 is 2.94 bits per heavy atom. The molecule has 0 saturated heterocycles. The van der Waals surface area contributed by atoms with Crippen LogP contribution in [-0.2, 0) is 4.74 Å². The van der Waals surface area contributed by atoms with Gasteiger partial charge in [-0.05, 0) is 20.3 Å². The van der Waals surface area contributed by atoms with Crippen LogP contribution in [0.3, 0.4) is 0 Å². The number of hydrogen-bond donors (Lipinski definition) is 1. The summed E-state index contributed by atoms with van der Waals surface area (Å²) in [6.45, 7) is 6.05. The van der Waals surface area contributed by atoms with Crippen LogP contribution in [0, 0.1) is 13.8 Å². The highest BCUT2D eigenvalue weighted by atomic mass is 35.5. The number of rotatable bonds is 7. The maximum atomic E-state index is 5.49. The van der Waals surface area contributed by atoms with Gasteiger partial charge in [0.15, 0.2) is 0 Å². The minimum absolute atomic E-state index is 0.551. The molecule has 0 aliphatic heterocycles. The SMILES string of the molecule is Cc1cnc(C)c(NCCCOCCCl)n1. The molecule has 1 heterocycles. The van der Waals surface area contributed by atoms with Gasteiger partial charge in [-0.1, -0.05) is 0 Å². The van der Waals surface area contributed by atoms with Crippen molar-refractivity contribution in [1.29, 1.82) is 0 Å². The van der Waals surface area contributed by atoms with E-state index in [1.165, 1.54) is 0 Å². The van der Waals surface area contributed by atoms with Crippen molar-refractivity contribution in [2.75, 3.05) is 31.0 Å². The lowest BCUT2D eigenvalue weighted by Crippen LogP contribution is -2.09. The molecule has 0 bridgehead atoms. The third kappa shape index (κ3) is 4.77. The summed E-state index contributed by atoms with van der Waals surface area (Å²) in [6, 6.07) is 0. The van der Waals surface area contributed by atoms with Crippen LogP contribution < -0.4 is 5.32 Å². The van der Waals surface area contributed by atoms with Crippen LogP contribution in [0.4, 0.5) is 5.82 Å². The highest BCUT2D eigenvalue weighted by molar-refractivity contribution is 6.17. The molecule has 1 N–H and O–H groups in total. The summed E-state index contributed by atoms with van der Waals surface area (Å²) < 4.78 is 5.27. The fourth-order valence-corrected chi connectivity index (χ4v) is 1.35. The van der Waals surface area contributed by atoms with E-state index in [4.69, 9.17) is 16.3 Å². The topological polar surface area (TPSA) is 47.0 Å². The molecule has 0 aliphatic rings. The van der Waals surface area contributed by atoms with Gasteiger partial charge in [-0.2, -0.15) is 0 Å². The molecule has 5 heteroatoms. The molecule has 0 atom stereocenters. The van der Waals surface area contributed by atoms with E-state index in [9.17, 15) is 0 Å². The fourth-order valence-electron chi connectivity index (χ4n) is 1.24. The quantitative estimate of drug-likeness (QED) is 0.589. The Balaban J connectivity index is 2.23. The minimum atomic E-state index is 0.551. The molecule has 90 valence electrons. The van der Waals surface area contributed by atoms with Crippen LogP contribution >= 0.6 is 11.6 Å². The first kappa shape index (κ1) is 13.2. The van der Waals surface area contributed by atoms with E-state index < -0.39 is 0 Å². The number of aryl methyl sites for hydroxylation is 2. The molecule has 0 saturated carbocycles. The largest absolute Gasteiger partial charge is 0.380 e. The van der Waals surface area contributed by atoms with Crippen LogP contribution in [0.5, 0.6) is 0 Å². The Morgan fingerprint density at radius 1 is 1.38 bits per heavy atom. The van der Waals surface area contributed by atoms with E-state index in [0.717, 1.165) is 36.8 Å². The zero-order chi connectivity index (χ0) is 11.8. The summed E-state index contributed by atoms with van der Waals surface area (Å²) in [5.74, 6) is 1.41. The van der Waals surface area contributed by atoms with Crippen molar-refractivity contribution in [3.8, 4) is 0 Å². The Kier molecular flexibility index (Phi) is 6.11. The highest BCUT2D eigenvalue weighted by Crippen LogP contribution is 2.08. The van der Waals surface area contributed by atoms with Gasteiger partial charge < -0.3 is 10.1 Å². The molecule has 0 amide bonds. The molecule has 0 radical (unpaired) electrons. The van der Waals surface area contributed by atoms with E-state index in [1.807, 2.05) is 13.8 Å². The van der Waals surface area contributed by atoms with Gasteiger partial charge in [-0.3, -0.25) is 4.98 Å². The molecular formula is C11H18ClN3O. The van der Waals surface area contributed by atoms with Crippen molar-refractivity contribution < 1.29 is 4.74 Å². The van der Waals surface area contributed by atoms with Crippen molar-refractivity contribution in [2.24, 2.45) is 0 Å². The van der Waals surface area contributed by atoms with Crippen LogP contribution in [-0.4, -0.2) is 35.6 Å². The third-order valence-corrected chi connectivity index (χ3v) is 2.21. The molecule has 0 fully saturated rings. The van der Waals surface area contributed by atoms with Crippen LogP contribution in [0.2, 0.25) is 0 Å². The zero-order valence-electron chi connectivity index (χ0n) is 9.79. The van der Waals surface area contributed by atoms with Gasteiger partial charge in [-0.15, -0.1) is 11.6 Å². The van der Waals surface area contributed by atoms with Gasteiger partial charge in [0.25, 0.3) is 0 Å². The van der Waals surface area contributed by atoms with Gasteiger partial charge >= 0.3 is 0 Å². The van der Waals surface area contributed by atoms with Crippen molar-refractivity contribution in [3.05, 3.63) is 17.6 Å². The summed E-state index contributed by atoms with van der Waals surface area (Å²) in [5.41, 5.74) is 1.85. The average molecular weight is 244 g/mol. The standard InChI is InChI=1S/C11H18ClN3O/c1-9-8-14-10(2)11(15-9)13-5-3-6-16-7-4-12/h8H,3-7H2,1-2H3,(H,13,15). The van der Waals surface area contributed by atoms with Crippen LogP contribution in [0.25, 0.3) is 0 Å². The number of nitrogens with zero attached hydrogens (tertiary/aromatic N) is 2. The minimum Gasteiger partial charge on any atom is -0.380 e. The lowest BCUT2D eigenvalue weighted by molar-refractivity contribution is 0.149. The Labute approximate surface area is 101 Å². The number of nitrogens with one attached hydrogen (secondary N) is 1. The predicted molar refractivity (Wildman–Crippen MR) is 66.2 cm³/mol. The monoisotopic (exact) mass is 243 g/mol. The van der Waals surface area contributed by atoms with Gasteiger partial charge in [0.05, 0.1) is 18.0 Å². The van der Waals surface area contributed by atoms with Crippen molar-refractivity contribution >= 4 is 17.4 Å². The maximum Gasteiger partial charge on any atom is 0.147 e. The Bertz CT molecular complexity index is 320. The van der Waals surface area contributed by atoms with Crippen LogP contribution in [0.1, 0.15) is 17.8 Å². The van der Waals surface area contributed by atoms with E-state index in [1.54, 1.807) is 6.20 Å².